The van der Waals surface area contributed by atoms with Gasteiger partial charge < -0.3 is 4.74 Å². The molecule has 0 spiro atoms. The van der Waals surface area contributed by atoms with E-state index in [1.807, 2.05) is 26.0 Å². The van der Waals surface area contributed by atoms with E-state index in [2.05, 4.69) is 5.32 Å². The normalized spacial score (nSPS) is 16.0. The van der Waals surface area contributed by atoms with Gasteiger partial charge in [0, 0.05) is 0 Å². The van der Waals surface area contributed by atoms with Gasteiger partial charge in [-0.2, -0.15) is 0 Å². The van der Waals surface area contributed by atoms with Gasteiger partial charge in [-0.15, -0.1) is 0 Å². The minimum absolute atomic E-state index is 0.0951. The van der Waals surface area contributed by atoms with E-state index in [1.165, 1.54) is 6.08 Å². The Hall–Kier alpha value is -3.41. The molecule has 0 atom stereocenters. The summed E-state index contributed by atoms with van der Waals surface area (Å²) in [5.41, 5.74) is 2.04. The molecule has 1 aliphatic heterocycles. The van der Waals surface area contributed by atoms with E-state index in [0.717, 1.165) is 10.5 Å². The largest absolute Gasteiger partial charge is 0.494 e. The second-order valence-electron chi connectivity index (χ2n) is 5.80. The van der Waals surface area contributed by atoms with Crippen molar-refractivity contribution in [2.24, 2.45) is 0 Å². The van der Waals surface area contributed by atoms with Crippen LogP contribution in [0.1, 0.15) is 18.1 Å². The lowest BCUT2D eigenvalue weighted by Crippen LogP contribution is -2.54. The number of urea groups is 1. The highest BCUT2D eigenvalue weighted by Gasteiger charge is 2.36. The first-order chi connectivity index (χ1) is 12.5. The summed E-state index contributed by atoms with van der Waals surface area (Å²) in [5.74, 6) is -0.737. The van der Waals surface area contributed by atoms with Crippen molar-refractivity contribution in [2.75, 3.05) is 11.5 Å². The van der Waals surface area contributed by atoms with Gasteiger partial charge in [0.25, 0.3) is 11.8 Å². The average Bonchev–Trinajstić information content (AvgIpc) is 2.62. The van der Waals surface area contributed by atoms with E-state index < -0.39 is 17.8 Å². The van der Waals surface area contributed by atoms with E-state index >= 15 is 0 Å². The van der Waals surface area contributed by atoms with Crippen LogP contribution < -0.4 is 15.0 Å². The standard InChI is InChI=1S/C20H18N2O4/c1-3-26-16-10-8-15(9-11-16)22-19(24)17(18(23)21-20(22)25)12-14-6-4-13(2)5-7-14/h4-12H,3H2,1-2H3,(H,21,23,25)/b17-12-. The van der Waals surface area contributed by atoms with Crippen LogP contribution >= 0.6 is 0 Å². The van der Waals surface area contributed by atoms with E-state index in [-0.39, 0.29) is 5.57 Å². The molecule has 3 rings (SSSR count). The zero-order chi connectivity index (χ0) is 18.7. The van der Waals surface area contributed by atoms with Gasteiger partial charge in [-0.25, -0.2) is 9.69 Å². The molecule has 0 aromatic heterocycles. The van der Waals surface area contributed by atoms with Crippen molar-refractivity contribution in [3.8, 4) is 5.75 Å². The van der Waals surface area contributed by atoms with E-state index in [1.54, 1.807) is 36.4 Å². The van der Waals surface area contributed by atoms with Gasteiger partial charge in [0.1, 0.15) is 11.3 Å². The zero-order valence-corrected chi connectivity index (χ0v) is 14.5. The topological polar surface area (TPSA) is 75.7 Å². The highest BCUT2D eigenvalue weighted by Crippen LogP contribution is 2.24. The summed E-state index contributed by atoms with van der Waals surface area (Å²) in [6.07, 6.45) is 1.48. The molecule has 2 aromatic rings. The Morgan fingerprint density at radius 2 is 1.65 bits per heavy atom. The van der Waals surface area contributed by atoms with Gasteiger partial charge in [0.15, 0.2) is 0 Å². The minimum Gasteiger partial charge on any atom is -0.494 e. The van der Waals surface area contributed by atoms with Crippen molar-refractivity contribution in [1.82, 2.24) is 5.32 Å². The van der Waals surface area contributed by atoms with Crippen molar-refractivity contribution in [3.63, 3.8) is 0 Å². The van der Waals surface area contributed by atoms with Crippen molar-refractivity contribution in [3.05, 3.63) is 65.2 Å². The van der Waals surface area contributed by atoms with Crippen LogP contribution in [-0.4, -0.2) is 24.5 Å². The van der Waals surface area contributed by atoms with Crippen LogP contribution in [0.25, 0.3) is 6.08 Å². The SMILES string of the molecule is CCOc1ccc(N2C(=O)NC(=O)/C(=C/c3ccc(C)cc3)C2=O)cc1. The lowest BCUT2D eigenvalue weighted by Gasteiger charge is -2.26. The van der Waals surface area contributed by atoms with Crippen molar-refractivity contribution < 1.29 is 19.1 Å². The maximum Gasteiger partial charge on any atom is 0.335 e. The molecule has 2 aromatic carbocycles. The summed E-state index contributed by atoms with van der Waals surface area (Å²) in [5, 5.41) is 2.21. The third-order valence-electron chi connectivity index (χ3n) is 3.90. The Kier molecular flexibility index (Phi) is 4.84. The van der Waals surface area contributed by atoms with Crippen LogP contribution in [0.4, 0.5) is 10.5 Å². The molecular weight excluding hydrogens is 332 g/mol. The number of ether oxygens (including phenoxy) is 1. The number of aryl methyl sites for hydroxylation is 1. The predicted molar refractivity (Wildman–Crippen MR) is 97.8 cm³/mol. The smallest absolute Gasteiger partial charge is 0.335 e. The molecular formula is C20H18N2O4. The van der Waals surface area contributed by atoms with Crippen LogP contribution in [0.15, 0.2) is 54.1 Å². The minimum atomic E-state index is -0.773. The quantitative estimate of drug-likeness (QED) is 0.679. The molecule has 4 amide bonds. The first kappa shape index (κ1) is 17.4. The Balaban J connectivity index is 1.93. The van der Waals surface area contributed by atoms with Crippen LogP contribution in [0, 0.1) is 6.92 Å². The number of benzene rings is 2. The van der Waals surface area contributed by atoms with Crippen LogP contribution in [0.2, 0.25) is 0 Å². The van der Waals surface area contributed by atoms with Crippen LogP contribution in [0.5, 0.6) is 5.75 Å². The van der Waals surface area contributed by atoms with E-state index in [9.17, 15) is 14.4 Å². The molecule has 1 fully saturated rings. The molecule has 0 saturated carbocycles. The molecule has 0 radical (unpaired) electrons. The summed E-state index contributed by atoms with van der Waals surface area (Å²) < 4.78 is 5.36. The summed E-state index contributed by atoms with van der Waals surface area (Å²) in [4.78, 5) is 38.0. The monoisotopic (exact) mass is 350 g/mol. The first-order valence-electron chi connectivity index (χ1n) is 8.20. The summed E-state index contributed by atoms with van der Waals surface area (Å²) >= 11 is 0. The molecule has 0 bridgehead atoms. The fraction of sp³-hybridized carbons (Fsp3) is 0.150. The first-order valence-corrected chi connectivity index (χ1v) is 8.20. The van der Waals surface area contributed by atoms with Gasteiger partial charge in [0.05, 0.1) is 12.3 Å². The second kappa shape index (κ2) is 7.23. The lowest BCUT2D eigenvalue weighted by atomic mass is 10.1. The maximum atomic E-state index is 12.8. The number of nitrogens with one attached hydrogen (secondary N) is 1. The number of rotatable bonds is 4. The van der Waals surface area contributed by atoms with Crippen molar-refractivity contribution in [2.45, 2.75) is 13.8 Å². The Bertz CT molecular complexity index is 883. The number of anilines is 1. The molecule has 6 nitrogen and oxygen atoms in total. The number of barbiturate groups is 1. The molecule has 1 N–H and O–H groups in total. The Morgan fingerprint density at radius 3 is 2.27 bits per heavy atom. The van der Waals surface area contributed by atoms with E-state index in [0.29, 0.717) is 23.6 Å². The third kappa shape index (κ3) is 3.49. The highest BCUT2D eigenvalue weighted by atomic mass is 16.5. The fourth-order valence-corrected chi connectivity index (χ4v) is 2.58. The molecule has 132 valence electrons. The maximum absolute atomic E-state index is 12.8. The van der Waals surface area contributed by atoms with Gasteiger partial charge in [0.2, 0.25) is 0 Å². The van der Waals surface area contributed by atoms with Crippen LogP contribution in [0.3, 0.4) is 0 Å². The number of carbonyl (C=O) groups is 3. The predicted octanol–water partition coefficient (Wildman–Crippen LogP) is 3.06. The number of hydrogen-bond donors (Lipinski definition) is 1. The van der Waals surface area contributed by atoms with Gasteiger partial charge >= 0.3 is 6.03 Å². The molecule has 1 heterocycles. The summed E-state index contributed by atoms with van der Waals surface area (Å²) in [6, 6.07) is 13.1. The summed E-state index contributed by atoms with van der Waals surface area (Å²) in [7, 11) is 0. The number of amides is 4. The summed E-state index contributed by atoms with van der Waals surface area (Å²) in [6.45, 7) is 4.32. The zero-order valence-electron chi connectivity index (χ0n) is 14.5. The highest BCUT2D eigenvalue weighted by molar-refractivity contribution is 6.39. The third-order valence-corrected chi connectivity index (χ3v) is 3.90. The Labute approximate surface area is 151 Å². The number of hydrogen-bond acceptors (Lipinski definition) is 4. The van der Waals surface area contributed by atoms with Crippen LogP contribution in [-0.2, 0) is 9.59 Å². The van der Waals surface area contributed by atoms with Crippen molar-refractivity contribution in [1.29, 1.82) is 0 Å². The number of carbonyl (C=O) groups excluding carboxylic acids is 3. The molecule has 6 heteroatoms. The lowest BCUT2D eigenvalue weighted by molar-refractivity contribution is -0.122. The molecule has 0 unspecified atom stereocenters. The van der Waals surface area contributed by atoms with Gasteiger partial charge in [-0.3, -0.25) is 14.9 Å². The molecule has 1 aliphatic rings. The average molecular weight is 350 g/mol. The Morgan fingerprint density at radius 1 is 1.00 bits per heavy atom. The number of imide groups is 2. The molecule has 0 aliphatic carbocycles. The van der Waals surface area contributed by atoms with Gasteiger partial charge in [-0.05, 0) is 49.8 Å². The van der Waals surface area contributed by atoms with Crippen molar-refractivity contribution >= 4 is 29.6 Å². The van der Waals surface area contributed by atoms with E-state index in [4.69, 9.17) is 4.74 Å². The fourth-order valence-electron chi connectivity index (χ4n) is 2.58. The second-order valence-corrected chi connectivity index (χ2v) is 5.80. The molecule has 1 saturated heterocycles. The molecule has 26 heavy (non-hydrogen) atoms. The number of nitrogens with zero attached hydrogens (tertiary/aromatic N) is 1. The van der Waals surface area contributed by atoms with Gasteiger partial charge in [-0.1, -0.05) is 29.8 Å².